The average Bonchev–Trinajstić information content (AvgIpc) is 3.11. The molecule has 3 rings (SSSR count). The third-order valence-electron chi connectivity index (χ3n) is 5.27. The van der Waals surface area contributed by atoms with Crippen molar-refractivity contribution in [2.45, 2.75) is 51.3 Å². The third-order valence-corrected chi connectivity index (χ3v) is 6.28. The number of hydrogen-bond acceptors (Lipinski definition) is 4. The highest BCUT2D eigenvalue weighted by atomic mass is 32.2. The maximum absolute atomic E-state index is 11.5. The Kier molecular flexibility index (Phi) is 7.34. The van der Waals surface area contributed by atoms with Crippen LogP contribution in [0.5, 0.6) is 0 Å². The van der Waals surface area contributed by atoms with Gasteiger partial charge < -0.3 is 14.8 Å². The Hall–Kier alpha value is -2.57. The molecule has 1 unspecified atom stereocenters. The summed E-state index contributed by atoms with van der Waals surface area (Å²) in [5.74, 6) is 1.27. The largest absolute Gasteiger partial charge is 0.478 e. The number of aromatic carboxylic acids is 1. The van der Waals surface area contributed by atoms with Crippen LogP contribution >= 0.6 is 11.8 Å². The van der Waals surface area contributed by atoms with E-state index in [1.165, 1.54) is 0 Å². The minimum atomic E-state index is -0.927. The Morgan fingerprint density at radius 2 is 1.83 bits per heavy atom. The molecule has 0 aliphatic rings. The molecule has 0 fully saturated rings. The minimum absolute atomic E-state index is 0.0658. The zero-order valence-corrected chi connectivity index (χ0v) is 18.4. The van der Waals surface area contributed by atoms with E-state index in [1.54, 1.807) is 23.9 Å². The summed E-state index contributed by atoms with van der Waals surface area (Å²) < 4.78 is 2.22. The molecule has 0 spiro atoms. The van der Waals surface area contributed by atoms with Crippen molar-refractivity contribution in [1.82, 2.24) is 9.55 Å². The number of aromatic nitrogens is 2. The summed E-state index contributed by atoms with van der Waals surface area (Å²) >= 11 is 1.70. The van der Waals surface area contributed by atoms with Gasteiger partial charge in [-0.3, -0.25) is 0 Å². The number of carboxylic acids is 1. The number of aliphatic hydroxyl groups is 1. The number of rotatable bonds is 9. The Bertz CT molecular complexity index is 1010. The Balaban J connectivity index is 1.96. The SMILES string of the molecule is CCSc1c(CO)nc(C(C)CC)n1Cc1ccc(-c2ccccc2C(=O)O)cc1. The predicted molar refractivity (Wildman–Crippen MR) is 121 cm³/mol. The first-order valence-corrected chi connectivity index (χ1v) is 11.2. The van der Waals surface area contributed by atoms with Gasteiger partial charge in [0.1, 0.15) is 10.9 Å². The van der Waals surface area contributed by atoms with Crippen LogP contribution in [0.2, 0.25) is 0 Å². The topological polar surface area (TPSA) is 75.4 Å². The van der Waals surface area contributed by atoms with Gasteiger partial charge in [0.15, 0.2) is 0 Å². The van der Waals surface area contributed by atoms with Gasteiger partial charge in [0, 0.05) is 12.5 Å². The lowest BCUT2D eigenvalue weighted by molar-refractivity contribution is 0.0697. The summed E-state index contributed by atoms with van der Waals surface area (Å²) in [6, 6.07) is 15.1. The number of nitrogens with zero attached hydrogens (tertiary/aromatic N) is 2. The van der Waals surface area contributed by atoms with Gasteiger partial charge in [0.25, 0.3) is 0 Å². The van der Waals surface area contributed by atoms with E-state index in [2.05, 4.69) is 25.3 Å². The van der Waals surface area contributed by atoms with Crippen LogP contribution in [0.4, 0.5) is 0 Å². The van der Waals surface area contributed by atoms with E-state index < -0.39 is 5.97 Å². The number of carboxylic acid groups (broad SMARTS) is 1. The van der Waals surface area contributed by atoms with E-state index in [0.29, 0.717) is 23.6 Å². The molecular weight excluding hydrogens is 396 g/mol. The Morgan fingerprint density at radius 1 is 1.13 bits per heavy atom. The average molecular weight is 425 g/mol. The first kappa shape index (κ1) is 22.1. The molecule has 158 valence electrons. The van der Waals surface area contributed by atoms with E-state index in [4.69, 9.17) is 4.98 Å². The van der Waals surface area contributed by atoms with Crippen molar-refractivity contribution >= 4 is 17.7 Å². The van der Waals surface area contributed by atoms with Crippen molar-refractivity contribution in [3.05, 3.63) is 71.2 Å². The van der Waals surface area contributed by atoms with Gasteiger partial charge in [0.2, 0.25) is 0 Å². The summed E-state index contributed by atoms with van der Waals surface area (Å²) in [4.78, 5) is 16.3. The quantitative estimate of drug-likeness (QED) is 0.449. The van der Waals surface area contributed by atoms with E-state index >= 15 is 0 Å². The van der Waals surface area contributed by atoms with Crippen LogP contribution in [0.3, 0.4) is 0 Å². The number of benzene rings is 2. The molecule has 0 amide bonds. The van der Waals surface area contributed by atoms with Crippen molar-refractivity contribution < 1.29 is 15.0 Å². The van der Waals surface area contributed by atoms with E-state index in [0.717, 1.165) is 39.8 Å². The second kappa shape index (κ2) is 9.96. The summed E-state index contributed by atoms with van der Waals surface area (Å²) in [6.07, 6.45) is 0.975. The van der Waals surface area contributed by atoms with Gasteiger partial charge in [-0.25, -0.2) is 9.78 Å². The van der Waals surface area contributed by atoms with Crippen molar-refractivity contribution in [2.75, 3.05) is 5.75 Å². The van der Waals surface area contributed by atoms with Gasteiger partial charge in [-0.2, -0.15) is 0 Å². The molecule has 0 bridgehead atoms. The third kappa shape index (κ3) is 4.60. The maximum atomic E-state index is 11.5. The van der Waals surface area contributed by atoms with E-state index in [9.17, 15) is 15.0 Å². The molecule has 3 aromatic rings. The van der Waals surface area contributed by atoms with Crippen LogP contribution in [0.15, 0.2) is 53.6 Å². The van der Waals surface area contributed by atoms with E-state index in [-0.39, 0.29) is 6.61 Å². The lowest BCUT2D eigenvalue weighted by Gasteiger charge is -2.16. The summed E-state index contributed by atoms with van der Waals surface area (Å²) in [5, 5.41) is 20.3. The van der Waals surface area contributed by atoms with Gasteiger partial charge in [-0.15, -0.1) is 11.8 Å². The van der Waals surface area contributed by atoms with Gasteiger partial charge in [-0.1, -0.05) is 63.2 Å². The lowest BCUT2D eigenvalue weighted by Crippen LogP contribution is -2.09. The molecule has 1 aromatic heterocycles. The molecule has 2 aromatic carbocycles. The second-order valence-electron chi connectivity index (χ2n) is 7.26. The molecule has 1 heterocycles. The molecule has 0 aliphatic carbocycles. The van der Waals surface area contributed by atoms with Crippen molar-refractivity contribution in [3.8, 4) is 11.1 Å². The monoisotopic (exact) mass is 424 g/mol. The number of aliphatic hydroxyl groups excluding tert-OH is 1. The van der Waals surface area contributed by atoms with Crippen LogP contribution < -0.4 is 0 Å². The van der Waals surface area contributed by atoms with Crippen LogP contribution in [0.25, 0.3) is 11.1 Å². The van der Waals surface area contributed by atoms with Crippen LogP contribution in [-0.2, 0) is 13.2 Å². The molecule has 0 radical (unpaired) electrons. The molecule has 5 nitrogen and oxygen atoms in total. The first-order valence-electron chi connectivity index (χ1n) is 10.2. The highest BCUT2D eigenvalue weighted by Gasteiger charge is 2.20. The second-order valence-corrected chi connectivity index (χ2v) is 8.51. The molecule has 30 heavy (non-hydrogen) atoms. The molecule has 1 atom stereocenters. The molecule has 0 aliphatic heterocycles. The summed E-state index contributed by atoms with van der Waals surface area (Å²) in [6.45, 7) is 7.00. The standard InChI is InChI=1S/C24H28N2O3S/c1-4-16(3)22-25-21(15-27)23(30-5-2)26(22)14-17-10-12-18(13-11-17)19-8-6-7-9-20(19)24(28)29/h6-13,16,27H,4-5,14-15H2,1-3H3,(H,28,29). The lowest BCUT2D eigenvalue weighted by atomic mass is 9.98. The maximum Gasteiger partial charge on any atom is 0.336 e. The molecule has 6 heteroatoms. The number of hydrogen-bond donors (Lipinski definition) is 2. The minimum Gasteiger partial charge on any atom is -0.478 e. The predicted octanol–water partition coefficient (Wildman–Crippen LogP) is 5.41. The normalized spacial score (nSPS) is 12.1. The number of imidazole rings is 1. The van der Waals surface area contributed by atoms with Crippen molar-refractivity contribution in [1.29, 1.82) is 0 Å². The van der Waals surface area contributed by atoms with Crippen LogP contribution in [0.1, 0.15) is 60.5 Å². The molecule has 0 saturated heterocycles. The van der Waals surface area contributed by atoms with Gasteiger partial charge in [0.05, 0.1) is 17.9 Å². The summed E-state index contributed by atoms with van der Waals surface area (Å²) in [7, 11) is 0. The first-order chi connectivity index (χ1) is 14.5. The fraction of sp³-hybridized carbons (Fsp3) is 0.333. The zero-order chi connectivity index (χ0) is 21.7. The fourth-order valence-corrected chi connectivity index (χ4v) is 4.38. The summed E-state index contributed by atoms with van der Waals surface area (Å²) in [5.41, 5.74) is 3.74. The smallest absolute Gasteiger partial charge is 0.336 e. The van der Waals surface area contributed by atoms with Crippen molar-refractivity contribution in [2.24, 2.45) is 0 Å². The van der Waals surface area contributed by atoms with Crippen LogP contribution in [-0.4, -0.2) is 31.5 Å². The van der Waals surface area contributed by atoms with Crippen LogP contribution in [0, 0.1) is 0 Å². The molecule has 2 N–H and O–H groups in total. The molecular formula is C24H28N2O3S. The van der Waals surface area contributed by atoms with E-state index in [1.807, 2.05) is 36.4 Å². The Morgan fingerprint density at radius 3 is 2.43 bits per heavy atom. The highest BCUT2D eigenvalue weighted by molar-refractivity contribution is 7.99. The molecule has 0 saturated carbocycles. The number of thioether (sulfide) groups is 1. The van der Waals surface area contributed by atoms with Crippen molar-refractivity contribution in [3.63, 3.8) is 0 Å². The van der Waals surface area contributed by atoms with Gasteiger partial charge in [-0.05, 0) is 34.9 Å². The fourth-order valence-electron chi connectivity index (χ4n) is 3.51. The Labute approximate surface area is 181 Å². The highest BCUT2D eigenvalue weighted by Crippen LogP contribution is 2.31. The number of carbonyl (C=O) groups is 1. The van der Waals surface area contributed by atoms with Gasteiger partial charge >= 0.3 is 5.97 Å². The zero-order valence-electron chi connectivity index (χ0n) is 17.6.